The van der Waals surface area contributed by atoms with E-state index in [0.717, 1.165) is 30.2 Å². The highest BCUT2D eigenvalue weighted by Crippen LogP contribution is 2.34. The van der Waals surface area contributed by atoms with Gasteiger partial charge in [-0.1, -0.05) is 70.5 Å². The quantitative estimate of drug-likeness (QED) is 0.297. The lowest BCUT2D eigenvalue weighted by Gasteiger charge is -2.16. The second kappa shape index (κ2) is 6.00. The van der Waals surface area contributed by atoms with Gasteiger partial charge in [-0.25, -0.2) is 0 Å². The summed E-state index contributed by atoms with van der Waals surface area (Å²) >= 11 is 3.67. The molecule has 0 fully saturated rings. The maximum Gasteiger partial charge on any atom is 0.0181 e. The van der Waals surface area contributed by atoms with Crippen molar-refractivity contribution in [1.29, 1.82) is 0 Å². The maximum atomic E-state index is 3.67. The van der Waals surface area contributed by atoms with E-state index in [1.54, 1.807) is 0 Å². The molecule has 0 heterocycles. The average Bonchev–Trinajstić information content (AvgIpc) is 2.63. The Morgan fingerprint density at radius 1 is 0.560 bits per heavy atom. The molecule has 4 aliphatic carbocycles. The van der Waals surface area contributed by atoms with Gasteiger partial charge in [-0.3, -0.25) is 0 Å². The first kappa shape index (κ1) is 15.2. The van der Waals surface area contributed by atoms with E-state index in [-0.39, 0.29) is 0 Å². The third-order valence-corrected chi connectivity index (χ3v) is 6.02. The lowest BCUT2D eigenvalue weighted by molar-refractivity contribution is 0.934. The predicted molar refractivity (Wildman–Crippen MR) is 110 cm³/mol. The summed E-state index contributed by atoms with van der Waals surface area (Å²) in [6.45, 7) is 0. The predicted octanol–water partition coefficient (Wildman–Crippen LogP) is 6.64. The molecule has 0 unspecified atom stereocenters. The van der Waals surface area contributed by atoms with Gasteiger partial charge in [-0.15, -0.1) is 0 Å². The van der Waals surface area contributed by atoms with Gasteiger partial charge in [0.15, 0.2) is 0 Å². The Labute approximate surface area is 156 Å². The van der Waals surface area contributed by atoms with Gasteiger partial charge in [0.05, 0.1) is 0 Å². The lowest BCUT2D eigenvalue weighted by Crippen LogP contribution is -2.00. The minimum Gasteiger partial charge on any atom is -0.0588 e. The van der Waals surface area contributed by atoms with Crippen molar-refractivity contribution in [3.63, 3.8) is 0 Å². The Kier molecular flexibility index (Phi) is 3.64. The largest absolute Gasteiger partial charge is 0.0588 e. The van der Waals surface area contributed by atoms with E-state index in [0.29, 0.717) is 0 Å². The van der Waals surface area contributed by atoms with Crippen molar-refractivity contribution in [1.82, 2.24) is 0 Å². The van der Waals surface area contributed by atoms with Crippen molar-refractivity contribution < 1.29 is 0 Å². The number of hydrogen-bond acceptors (Lipinski definition) is 0. The van der Waals surface area contributed by atoms with E-state index < -0.39 is 0 Å². The van der Waals surface area contributed by atoms with E-state index in [1.807, 2.05) is 0 Å². The van der Waals surface area contributed by atoms with Gasteiger partial charge in [-0.05, 0) is 81.6 Å². The average molecular weight is 387 g/mol. The number of aryl methyl sites for hydroxylation is 4. The molecule has 4 aliphatic rings. The van der Waals surface area contributed by atoms with Crippen LogP contribution in [0.15, 0.2) is 71.2 Å². The second-order valence-corrected chi connectivity index (χ2v) is 7.97. The first-order valence-corrected chi connectivity index (χ1v) is 9.78. The van der Waals surface area contributed by atoms with E-state index in [4.69, 9.17) is 0 Å². The number of fused-ring (bicyclic) bond motifs is 1. The molecule has 4 aromatic carbocycles. The van der Waals surface area contributed by atoms with Gasteiger partial charge < -0.3 is 0 Å². The fourth-order valence-electron chi connectivity index (χ4n) is 4.14. The lowest BCUT2D eigenvalue weighted by atomic mass is 9.89. The van der Waals surface area contributed by atoms with Gasteiger partial charge in [0.25, 0.3) is 0 Å². The van der Waals surface area contributed by atoms with Gasteiger partial charge >= 0.3 is 0 Å². The number of rotatable bonds is 0. The molecule has 4 aromatic rings. The van der Waals surface area contributed by atoms with Crippen LogP contribution in [0, 0.1) is 0 Å². The normalized spacial score (nSPS) is 14.0. The van der Waals surface area contributed by atoms with Crippen molar-refractivity contribution in [2.45, 2.75) is 25.7 Å². The molecular formula is C24H19Br. The summed E-state index contributed by atoms with van der Waals surface area (Å²) in [5.74, 6) is 0. The summed E-state index contributed by atoms with van der Waals surface area (Å²) in [6.07, 6.45) is 4.38. The topological polar surface area (TPSA) is 0 Å². The zero-order chi connectivity index (χ0) is 16.8. The number of halogens is 1. The van der Waals surface area contributed by atoms with Crippen LogP contribution in [0.4, 0.5) is 0 Å². The van der Waals surface area contributed by atoms with Crippen LogP contribution < -0.4 is 0 Å². The van der Waals surface area contributed by atoms with Crippen molar-refractivity contribution >= 4 is 37.5 Å². The van der Waals surface area contributed by atoms with Crippen molar-refractivity contribution in [3.8, 4) is 0 Å². The Morgan fingerprint density at radius 2 is 1.20 bits per heavy atom. The van der Waals surface area contributed by atoms with Crippen LogP contribution in [0.5, 0.6) is 0 Å². The van der Waals surface area contributed by atoms with Crippen LogP contribution in [0.25, 0.3) is 21.5 Å². The molecule has 8 rings (SSSR count). The molecule has 0 aliphatic heterocycles. The molecular weight excluding hydrogens is 368 g/mol. The van der Waals surface area contributed by atoms with Crippen LogP contribution >= 0.6 is 15.9 Å². The number of hydrogen-bond donors (Lipinski definition) is 0. The Hall–Kier alpha value is -2.12. The highest BCUT2D eigenvalue weighted by molar-refractivity contribution is 9.10. The highest BCUT2D eigenvalue weighted by Gasteiger charge is 2.12. The van der Waals surface area contributed by atoms with Crippen molar-refractivity contribution in [3.05, 3.63) is 93.5 Å². The molecule has 0 nitrogen and oxygen atoms in total. The van der Waals surface area contributed by atoms with E-state index in [1.165, 1.54) is 43.8 Å². The second-order valence-electron chi connectivity index (χ2n) is 7.05. The molecule has 4 bridgehead atoms. The summed E-state index contributed by atoms with van der Waals surface area (Å²) in [7, 11) is 0. The number of benzene rings is 4. The summed E-state index contributed by atoms with van der Waals surface area (Å²) < 4.78 is 1.15. The Bertz CT molecular complexity index is 1090. The van der Waals surface area contributed by atoms with E-state index in [2.05, 4.69) is 82.7 Å². The zero-order valence-corrected chi connectivity index (χ0v) is 15.6. The highest BCUT2D eigenvalue weighted by atomic mass is 79.9. The fraction of sp³-hybridized carbons (Fsp3) is 0.167. The summed E-state index contributed by atoms with van der Waals surface area (Å²) in [6, 6.07) is 25.2. The van der Waals surface area contributed by atoms with Crippen LogP contribution in [0.1, 0.15) is 22.3 Å². The van der Waals surface area contributed by atoms with Crippen LogP contribution in [-0.2, 0) is 25.7 Å². The Morgan fingerprint density at radius 3 is 1.96 bits per heavy atom. The van der Waals surface area contributed by atoms with Crippen molar-refractivity contribution in [2.75, 3.05) is 0 Å². The summed E-state index contributed by atoms with van der Waals surface area (Å²) in [4.78, 5) is 0. The minimum atomic E-state index is 1.09. The summed E-state index contributed by atoms with van der Waals surface area (Å²) in [5.41, 5.74) is 5.80. The van der Waals surface area contributed by atoms with E-state index in [9.17, 15) is 0 Å². The maximum absolute atomic E-state index is 3.67. The molecule has 0 N–H and O–H groups in total. The molecule has 0 saturated carbocycles. The van der Waals surface area contributed by atoms with Crippen LogP contribution in [0.2, 0.25) is 0 Å². The van der Waals surface area contributed by atoms with Crippen LogP contribution in [0.3, 0.4) is 0 Å². The molecule has 122 valence electrons. The van der Waals surface area contributed by atoms with Gasteiger partial charge in [0.2, 0.25) is 0 Å². The SMILES string of the molecule is Brc1ccc2ccc3c4ccc(c3c2c1)CCc1ccc(cc1)CC4. The molecule has 0 amide bonds. The smallest absolute Gasteiger partial charge is 0.0181 e. The first-order chi connectivity index (χ1) is 12.3. The van der Waals surface area contributed by atoms with Crippen LogP contribution in [-0.4, -0.2) is 0 Å². The monoisotopic (exact) mass is 386 g/mol. The third-order valence-electron chi connectivity index (χ3n) is 5.53. The molecule has 0 saturated heterocycles. The van der Waals surface area contributed by atoms with Crippen molar-refractivity contribution in [2.24, 2.45) is 0 Å². The summed E-state index contributed by atoms with van der Waals surface area (Å²) in [5, 5.41) is 5.57. The molecule has 25 heavy (non-hydrogen) atoms. The molecule has 0 aromatic heterocycles. The Balaban J connectivity index is 1.81. The zero-order valence-electron chi connectivity index (χ0n) is 14.1. The third kappa shape index (κ3) is 2.67. The van der Waals surface area contributed by atoms with Gasteiger partial charge in [-0.2, -0.15) is 0 Å². The fourth-order valence-corrected chi connectivity index (χ4v) is 4.50. The standard InChI is InChI=1S/C24H19Br/c25-21-13-11-19-12-14-22-18-7-5-16-1-3-17(4-2-16)6-8-20(10-9-18)24(22)23(19)15-21/h1-4,9-15H,5-8H2. The minimum absolute atomic E-state index is 1.09. The van der Waals surface area contributed by atoms with Gasteiger partial charge in [0.1, 0.15) is 0 Å². The molecule has 0 atom stereocenters. The first-order valence-electron chi connectivity index (χ1n) is 8.98. The van der Waals surface area contributed by atoms with E-state index >= 15 is 0 Å². The van der Waals surface area contributed by atoms with Gasteiger partial charge in [0, 0.05) is 4.47 Å². The molecule has 0 spiro atoms. The molecule has 1 heteroatoms. The molecule has 0 radical (unpaired) electrons.